The summed E-state index contributed by atoms with van der Waals surface area (Å²) in [5.74, 6) is 0.0301. The van der Waals surface area contributed by atoms with E-state index in [2.05, 4.69) is 5.32 Å². The number of furan rings is 1. The first kappa shape index (κ1) is 11.9. The normalized spacial score (nSPS) is 12.3. The van der Waals surface area contributed by atoms with Crippen LogP contribution in [-0.2, 0) is 0 Å². The van der Waals surface area contributed by atoms with Gasteiger partial charge in [-0.3, -0.25) is 4.79 Å². The minimum Gasteiger partial charge on any atom is -0.459 e. The second kappa shape index (κ2) is 5.65. The number of aliphatic hydroxyl groups excluding tert-OH is 1. The molecule has 5 heteroatoms. The van der Waals surface area contributed by atoms with E-state index in [0.717, 1.165) is 5.56 Å². The van der Waals surface area contributed by atoms with Gasteiger partial charge in [-0.1, -0.05) is 0 Å². The summed E-state index contributed by atoms with van der Waals surface area (Å²) in [7, 11) is 0. The van der Waals surface area contributed by atoms with E-state index < -0.39 is 6.10 Å². The minimum atomic E-state index is -0.529. The molecule has 2 heterocycles. The Bertz CT molecular complexity index is 450. The van der Waals surface area contributed by atoms with Crippen LogP contribution in [0.4, 0.5) is 0 Å². The lowest BCUT2D eigenvalue weighted by Crippen LogP contribution is -2.25. The van der Waals surface area contributed by atoms with Gasteiger partial charge in [0.2, 0.25) is 0 Å². The highest BCUT2D eigenvalue weighted by atomic mass is 32.1. The summed E-state index contributed by atoms with van der Waals surface area (Å²) >= 11 is 1.54. The Morgan fingerprint density at radius 1 is 1.53 bits per heavy atom. The number of carbonyl (C=O) groups is 1. The van der Waals surface area contributed by atoms with Crippen LogP contribution in [0.25, 0.3) is 0 Å². The van der Waals surface area contributed by atoms with E-state index in [0.29, 0.717) is 13.0 Å². The molecule has 0 aliphatic heterocycles. The van der Waals surface area contributed by atoms with Crippen molar-refractivity contribution in [3.05, 3.63) is 46.5 Å². The Kier molecular flexibility index (Phi) is 3.95. The van der Waals surface area contributed by atoms with Gasteiger partial charge in [0.05, 0.1) is 12.4 Å². The summed E-state index contributed by atoms with van der Waals surface area (Å²) in [4.78, 5) is 11.5. The molecule has 17 heavy (non-hydrogen) atoms. The number of hydrogen-bond acceptors (Lipinski definition) is 4. The SMILES string of the molecule is O=C(NCC[C@@H](O)c1ccsc1)c1ccco1. The van der Waals surface area contributed by atoms with Crippen LogP contribution in [0.3, 0.4) is 0 Å². The highest BCUT2D eigenvalue weighted by Crippen LogP contribution is 2.18. The third kappa shape index (κ3) is 3.18. The molecule has 90 valence electrons. The van der Waals surface area contributed by atoms with Crippen LogP contribution in [0, 0.1) is 0 Å². The lowest BCUT2D eigenvalue weighted by Gasteiger charge is -2.08. The molecule has 0 aromatic carbocycles. The van der Waals surface area contributed by atoms with Gasteiger partial charge in [0, 0.05) is 6.54 Å². The number of amides is 1. The summed E-state index contributed by atoms with van der Waals surface area (Å²) in [6.07, 6.45) is 1.41. The van der Waals surface area contributed by atoms with Crippen molar-refractivity contribution in [2.75, 3.05) is 6.54 Å². The van der Waals surface area contributed by atoms with Crippen molar-refractivity contribution >= 4 is 17.2 Å². The topological polar surface area (TPSA) is 62.5 Å². The van der Waals surface area contributed by atoms with Crippen molar-refractivity contribution in [3.63, 3.8) is 0 Å². The molecule has 0 fully saturated rings. The molecule has 1 atom stereocenters. The van der Waals surface area contributed by atoms with Crippen LogP contribution >= 0.6 is 11.3 Å². The third-order valence-electron chi connectivity index (χ3n) is 2.38. The number of rotatable bonds is 5. The molecule has 0 saturated carbocycles. The van der Waals surface area contributed by atoms with E-state index in [1.54, 1.807) is 23.5 Å². The average molecular weight is 251 g/mol. The van der Waals surface area contributed by atoms with Gasteiger partial charge in [-0.05, 0) is 40.9 Å². The van der Waals surface area contributed by atoms with Crippen molar-refractivity contribution in [2.24, 2.45) is 0 Å². The molecule has 0 radical (unpaired) electrons. The van der Waals surface area contributed by atoms with E-state index >= 15 is 0 Å². The zero-order valence-electron chi connectivity index (χ0n) is 9.13. The third-order valence-corrected chi connectivity index (χ3v) is 3.08. The fraction of sp³-hybridized carbons (Fsp3) is 0.250. The van der Waals surface area contributed by atoms with Crippen molar-refractivity contribution in [3.8, 4) is 0 Å². The van der Waals surface area contributed by atoms with Gasteiger partial charge in [-0.2, -0.15) is 11.3 Å². The first-order chi connectivity index (χ1) is 8.27. The van der Waals surface area contributed by atoms with Crippen molar-refractivity contribution in [2.45, 2.75) is 12.5 Å². The Balaban J connectivity index is 1.75. The summed E-state index contributed by atoms with van der Waals surface area (Å²) in [6, 6.07) is 5.14. The number of carbonyl (C=O) groups excluding carboxylic acids is 1. The number of aliphatic hydroxyl groups is 1. The maximum Gasteiger partial charge on any atom is 0.286 e. The highest BCUT2D eigenvalue weighted by molar-refractivity contribution is 7.07. The zero-order valence-corrected chi connectivity index (χ0v) is 9.94. The van der Waals surface area contributed by atoms with Crippen molar-refractivity contribution in [1.29, 1.82) is 0 Å². The molecule has 2 rings (SSSR count). The molecule has 0 saturated heterocycles. The van der Waals surface area contributed by atoms with Gasteiger partial charge in [0.1, 0.15) is 0 Å². The van der Waals surface area contributed by atoms with E-state index in [1.807, 2.05) is 16.8 Å². The van der Waals surface area contributed by atoms with Crippen molar-refractivity contribution in [1.82, 2.24) is 5.32 Å². The van der Waals surface area contributed by atoms with Crippen LogP contribution in [0.2, 0.25) is 0 Å². The molecule has 2 N–H and O–H groups in total. The quantitative estimate of drug-likeness (QED) is 0.856. The Labute approximate surface area is 103 Å². The molecule has 2 aromatic rings. The first-order valence-corrected chi connectivity index (χ1v) is 6.23. The van der Waals surface area contributed by atoms with E-state index in [4.69, 9.17) is 4.42 Å². The van der Waals surface area contributed by atoms with Gasteiger partial charge >= 0.3 is 0 Å². The second-order valence-corrected chi connectivity index (χ2v) is 4.37. The Hall–Kier alpha value is -1.59. The molecular formula is C12H13NO3S. The fourth-order valence-electron chi connectivity index (χ4n) is 1.45. The van der Waals surface area contributed by atoms with Crippen LogP contribution < -0.4 is 5.32 Å². The molecule has 0 unspecified atom stereocenters. The molecule has 0 aliphatic carbocycles. The zero-order chi connectivity index (χ0) is 12.1. The summed E-state index contributed by atoms with van der Waals surface area (Å²) in [6.45, 7) is 0.413. The molecule has 1 amide bonds. The number of hydrogen-bond donors (Lipinski definition) is 2. The van der Waals surface area contributed by atoms with E-state index in [9.17, 15) is 9.90 Å². The van der Waals surface area contributed by atoms with Gasteiger partial charge in [0.15, 0.2) is 5.76 Å². The minimum absolute atomic E-state index is 0.257. The lowest BCUT2D eigenvalue weighted by molar-refractivity contribution is 0.0915. The molecule has 0 spiro atoms. The Morgan fingerprint density at radius 2 is 2.41 bits per heavy atom. The molecule has 0 bridgehead atoms. The maximum atomic E-state index is 11.5. The van der Waals surface area contributed by atoms with Gasteiger partial charge < -0.3 is 14.8 Å². The predicted molar refractivity (Wildman–Crippen MR) is 64.9 cm³/mol. The standard InChI is InChI=1S/C12H13NO3S/c14-10(9-4-7-17-8-9)3-5-13-12(15)11-2-1-6-16-11/h1-2,4,6-8,10,14H,3,5H2,(H,13,15)/t10-/m1/s1. The van der Waals surface area contributed by atoms with Gasteiger partial charge in [-0.15, -0.1) is 0 Å². The van der Waals surface area contributed by atoms with E-state index in [1.165, 1.54) is 6.26 Å². The summed E-state index contributed by atoms with van der Waals surface area (Å²) in [5.41, 5.74) is 0.891. The van der Waals surface area contributed by atoms with Crippen LogP contribution in [-0.4, -0.2) is 17.6 Å². The largest absolute Gasteiger partial charge is 0.459 e. The van der Waals surface area contributed by atoms with E-state index in [-0.39, 0.29) is 11.7 Å². The fourth-order valence-corrected chi connectivity index (χ4v) is 2.16. The van der Waals surface area contributed by atoms with Gasteiger partial charge in [-0.25, -0.2) is 0 Å². The smallest absolute Gasteiger partial charge is 0.286 e. The van der Waals surface area contributed by atoms with Crippen LogP contribution in [0.1, 0.15) is 28.6 Å². The molecule has 4 nitrogen and oxygen atoms in total. The number of thiophene rings is 1. The first-order valence-electron chi connectivity index (χ1n) is 5.29. The van der Waals surface area contributed by atoms with Crippen LogP contribution in [0.15, 0.2) is 39.6 Å². The highest BCUT2D eigenvalue weighted by Gasteiger charge is 2.10. The maximum absolute atomic E-state index is 11.5. The second-order valence-electron chi connectivity index (χ2n) is 3.59. The van der Waals surface area contributed by atoms with Gasteiger partial charge in [0.25, 0.3) is 5.91 Å². The van der Waals surface area contributed by atoms with Crippen molar-refractivity contribution < 1.29 is 14.3 Å². The molecule has 2 aromatic heterocycles. The average Bonchev–Trinajstić information content (AvgIpc) is 3.02. The predicted octanol–water partition coefficient (Wildman–Crippen LogP) is 2.19. The molecule has 0 aliphatic rings. The van der Waals surface area contributed by atoms with Crippen LogP contribution in [0.5, 0.6) is 0 Å². The lowest BCUT2D eigenvalue weighted by atomic mass is 10.1. The Morgan fingerprint density at radius 3 is 3.06 bits per heavy atom. The number of nitrogens with one attached hydrogen (secondary N) is 1. The summed E-state index contributed by atoms with van der Waals surface area (Å²) < 4.78 is 4.95. The molecular weight excluding hydrogens is 238 g/mol. The summed E-state index contributed by atoms with van der Waals surface area (Å²) in [5, 5.41) is 16.3. The monoisotopic (exact) mass is 251 g/mol.